The summed E-state index contributed by atoms with van der Waals surface area (Å²) < 4.78 is 15.8. The molecular formula is C21H30O4. The molecule has 4 heteroatoms. The van der Waals surface area contributed by atoms with Gasteiger partial charge in [-0.05, 0) is 69.4 Å². The topological polar surface area (TPSA) is 44.8 Å². The number of rotatable bonds is 11. The minimum absolute atomic E-state index is 0.260. The van der Waals surface area contributed by atoms with Crippen molar-refractivity contribution in [3.63, 3.8) is 0 Å². The van der Waals surface area contributed by atoms with Gasteiger partial charge in [-0.15, -0.1) is 0 Å². The van der Waals surface area contributed by atoms with E-state index in [1.165, 1.54) is 0 Å². The van der Waals surface area contributed by atoms with Gasteiger partial charge in [-0.25, -0.2) is 4.79 Å². The van der Waals surface area contributed by atoms with Crippen LogP contribution in [0, 0.1) is 6.92 Å². The summed E-state index contributed by atoms with van der Waals surface area (Å²) in [5.41, 5.74) is 2.71. The predicted octanol–water partition coefficient (Wildman–Crippen LogP) is 4.62. The van der Waals surface area contributed by atoms with E-state index in [2.05, 4.69) is 6.08 Å². The summed E-state index contributed by atoms with van der Waals surface area (Å²) in [5, 5.41) is 0. The summed E-state index contributed by atoms with van der Waals surface area (Å²) in [4.78, 5) is 12.1. The van der Waals surface area contributed by atoms with Crippen LogP contribution >= 0.6 is 0 Å². The Morgan fingerprint density at radius 2 is 1.92 bits per heavy atom. The fourth-order valence-corrected chi connectivity index (χ4v) is 2.38. The number of hydrogen-bond acceptors (Lipinski definition) is 4. The minimum Gasteiger partial charge on any atom is -0.494 e. The number of unbranched alkanes of at least 4 members (excludes halogenated alkanes) is 1. The molecule has 1 rings (SSSR count). The predicted molar refractivity (Wildman–Crippen MR) is 101 cm³/mol. The Balaban J connectivity index is 2.55. The lowest BCUT2D eigenvalue weighted by molar-refractivity contribution is 0.0488. The zero-order valence-electron chi connectivity index (χ0n) is 15.8. The Kier molecular flexibility index (Phi) is 10.3. The van der Waals surface area contributed by atoms with Crippen molar-refractivity contribution in [1.29, 1.82) is 0 Å². The third kappa shape index (κ3) is 8.03. The van der Waals surface area contributed by atoms with E-state index in [1.807, 2.05) is 51.1 Å². The molecule has 25 heavy (non-hydrogen) atoms. The second-order valence-corrected chi connectivity index (χ2v) is 5.72. The highest BCUT2D eigenvalue weighted by Gasteiger charge is 2.10. The highest BCUT2D eigenvalue weighted by atomic mass is 16.5. The van der Waals surface area contributed by atoms with Gasteiger partial charge in [0.05, 0.1) is 18.8 Å². The first-order valence-corrected chi connectivity index (χ1v) is 8.83. The Morgan fingerprint density at radius 3 is 2.56 bits per heavy atom. The molecule has 0 fully saturated rings. The number of benzene rings is 1. The number of esters is 1. The van der Waals surface area contributed by atoms with Crippen LogP contribution in [0.15, 0.2) is 42.2 Å². The van der Waals surface area contributed by atoms with E-state index in [1.54, 1.807) is 7.11 Å². The van der Waals surface area contributed by atoms with E-state index in [0.717, 1.165) is 36.1 Å². The SMILES string of the molecule is C/C=C(\C=C/Cc1ccc(C(=O)OCCCCOC)c(C)c1)OCC. The molecule has 0 saturated carbocycles. The Hall–Kier alpha value is -2.07. The van der Waals surface area contributed by atoms with Crippen LogP contribution < -0.4 is 0 Å². The molecule has 1 aromatic rings. The summed E-state index contributed by atoms with van der Waals surface area (Å²) >= 11 is 0. The van der Waals surface area contributed by atoms with Gasteiger partial charge in [0.25, 0.3) is 0 Å². The summed E-state index contributed by atoms with van der Waals surface area (Å²) in [7, 11) is 1.67. The van der Waals surface area contributed by atoms with E-state index < -0.39 is 0 Å². The lowest BCUT2D eigenvalue weighted by Crippen LogP contribution is -2.09. The fraction of sp³-hybridized carbons (Fsp3) is 0.476. The van der Waals surface area contributed by atoms with Crippen molar-refractivity contribution in [3.8, 4) is 0 Å². The van der Waals surface area contributed by atoms with Crippen LogP contribution in [0.1, 0.15) is 48.2 Å². The number of carbonyl (C=O) groups is 1. The standard InChI is InChI=1S/C21H30O4/c1-5-19(24-6-2)11-9-10-18-12-13-20(17(3)16-18)21(22)25-15-8-7-14-23-4/h5,9,11-13,16H,6-8,10,14-15H2,1-4H3/b11-9-,19-5+. The molecule has 0 atom stereocenters. The van der Waals surface area contributed by atoms with Crippen LogP contribution in [0.4, 0.5) is 0 Å². The van der Waals surface area contributed by atoms with Crippen LogP contribution in [-0.2, 0) is 20.6 Å². The van der Waals surface area contributed by atoms with E-state index >= 15 is 0 Å². The fourth-order valence-electron chi connectivity index (χ4n) is 2.38. The van der Waals surface area contributed by atoms with E-state index in [-0.39, 0.29) is 5.97 Å². The van der Waals surface area contributed by atoms with Crippen molar-refractivity contribution in [2.45, 2.75) is 40.0 Å². The van der Waals surface area contributed by atoms with Gasteiger partial charge in [-0.2, -0.15) is 0 Å². The third-order valence-corrected chi connectivity index (χ3v) is 3.72. The van der Waals surface area contributed by atoms with E-state index in [4.69, 9.17) is 14.2 Å². The van der Waals surface area contributed by atoms with Crippen LogP contribution in [-0.4, -0.2) is 32.9 Å². The van der Waals surface area contributed by atoms with Crippen LogP contribution in [0.3, 0.4) is 0 Å². The van der Waals surface area contributed by atoms with Crippen LogP contribution in [0.2, 0.25) is 0 Å². The highest BCUT2D eigenvalue weighted by molar-refractivity contribution is 5.91. The molecule has 4 nitrogen and oxygen atoms in total. The monoisotopic (exact) mass is 346 g/mol. The lowest BCUT2D eigenvalue weighted by atomic mass is 10.0. The maximum atomic E-state index is 12.1. The molecule has 0 aliphatic carbocycles. The van der Waals surface area contributed by atoms with E-state index in [9.17, 15) is 4.79 Å². The van der Waals surface area contributed by atoms with Crippen molar-refractivity contribution >= 4 is 5.97 Å². The Morgan fingerprint density at radius 1 is 1.16 bits per heavy atom. The number of allylic oxidation sites excluding steroid dienone is 3. The lowest BCUT2D eigenvalue weighted by Gasteiger charge is -2.08. The molecule has 0 aliphatic heterocycles. The first kappa shape index (κ1) is 21.0. The molecule has 0 radical (unpaired) electrons. The van der Waals surface area contributed by atoms with Crippen LogP contribution in [0.5, 0.6) is 0 Å². The molecule has 0 bridgehead atoms. The molecule has 1 aromatic carbocycles. The van der Waals surface area contributed by atoms with Crippen molar-refractivity contribution in [1.82, 2.24) is 0 Å². The van der Waals surface area contributed by atoms with Gasteiger partial charge in [-0.3, -0.25) is 0 Å². The van der Waals surface area contributed by atoms with Gasteiger partial charge in [0, 0.05) is 13.7 Å². The number of carbonyl (C=O) groups excluding carboxylic acids is 1. The van der Waals surface area contributed by atoms with Crippen molar-refractivity contribution in [2.24, 2.45) is 0 Å². The second-order valence-electron chi connectivity index (χ2n) is 5.72. The number of methoxy groups -OCH3 is 1. The van der Waals surface area contributed by atoms with Gasteiger partial charge >= 0.3 is 5.97 Å². The summed E-state index contributed by atoms with van der Waals surface area (Å²) in [6.45, 7) is 7.63. The maximum absolute atomic E-state index is 12.1. The van der Waals surface area contributed by atoms with Crippen molar-refractivity contribution in [3.05, 3.63) is 58.9 Å². The molecule has 0 aromatic heterocycles. The maximum Gasteiger partial charge on any atom is 0.338 e. The van der Waals surface area contributed by atoms with Crippen LogP contribution in [0.25, 0.3) is 0 Å². The first-order valence-electron chi connectivity index (χ1n) is 8.83. The average Bonchev–Trinajstić information content (AvgIpc) is 2.60. The first-order chi connectivity index (χ1) is 12.1. The zero-order chi connectivity index (χ0) is 18.5. The zero-order valence-corrected chi connectivity index (χ0v) is 15.8. The Bertz CT molecular complexity index is 588. The average molecular weight is 346 g/mol. The molecular weight excluding hydrogens is 316 g/mol. The highest BCUT2D eigenvalue weighted by Crippen LogP contribution is 2.14. The number of aryl methyl sites for hydroxylation is 1. The Labute approximate surface area is 151 Å². The van der Waals surface area contributed by atoms with Gasteiger partial charge in [0.1, 0.15) is 5.76 Å². The number of hydrogen-bond donors (Lipinski definition) is 0. The smallest absolute Gasteiger partial charge is 0.338 e. The normalized spacial score (nSPS) is 11.8. The molecule has 0 N–H and O–H groups in total. The molecule has 0 aliphatic rings. The van der Waals surface area contributed by atoms with Gasteiger partial charge in [0.15, 0.2) is 0 Å². The summed E-state index contributed by atoms with van der Waals surface area (Å²) in [5.74, 6) is 0.609. The minimum atomic E-state index is -0.260. The largest absolute Gasteiger partial charge is 0.494 e. The summed E-state index contributed by atoms with van der Waals surface area (Å²) in [6.07, 6.45) is 8.47. The third-order valence-electron chi connectivity index (χ3n) is 3.72. The second kappa shape index (κ2) is 12.3. The van der Waals surface area contributed by atoms with Gasteiger partial charge in [0.2, 0.25) is 0 Å². The molecule has 0 unspecified atom stereocenters. The molecule has 0 spiro atoms. The quantitative estimate of drug-likeness (QED) is 0.254. The summed E-state index contributed by atoms with van der Waals surface area (Å²) in [6, 6.07) is 5.84. The van der Waals surface area contributed by atoms with Gasteiger partial charge in [-0.1, -0.05) is 18.2 Å². The molecule has 0 saturated heterocycles. The van der Waals surface area contributed by atoms with Crippen molar-refractivity contribution in [2.75, 3.05) is 26.9 Å². The molecule has 0 heterocycles. The number of ether oxygens (including phenoxy) is 3. The molecule has 0 amide bonds. The van der Waals surface area contributed by atoms with Gasteiger partial charge < -0.3 is 14.2 Å². The molecule has 138 valence electrons. The van der Waals surface area contributed by atoms with Crippen molar-refractivity contribution < 1.29 is 19.0 Å². The van der Waals surface area contributed by atoms with E-state index in [0.29, 0.717) is 25.4 Å².